The topological polar surface area (TPSA) is 64.1 Å². The summed E-state index contributed by atoms with van der Waals surface area (Å²) in [6, 6.07) is 3.94. The van der Waals surface area contributed by atoms with Crippen molar-refractivity contribution < 1.29 is 9.53 Å². The van der Waals surface area contributed by atoms with E-state index in [0.29, 0.717) is 17.9 Å². The Morgan fingerprint density at radius 3 is 3.05 bits per heavy atom. The molecule has 2 aromatic rings. The van der Waals surface area contributed by atoms with Crippen LogP contribution in [0.2, 0.25) is 0 Å². The SMILES string of the molecule is CCOC(=O)c1c(C)nsc1NCCc1cccnc1. The van der Waals surface area contributed by atoms with Gasteiger partial charge in [-0.3, -0.25) is 4.98 Å². The second-order valence-corrected chi connectivity index (χ2v) is 5.00. The highest BCUT2D eigenvalue weighted by molar-refractivity contribution is 7.10. The van der Waals surface area contributed by atoms with Crippen LogP contribution in [0.15, 0.2) is 24.5 Å². The summed E-state index contributed by atoms with van der Waals surface area (Å²) in [6.07, 6.45) is 4.43. The molecule has 0 spiro atoms. The molecule has 2 heterocycles. The molecule has 1 N–H and O–H groups in total. The van der Waals surface area contributed by atoms with E-state index < -0.39 is 0 Å². The van der Waals surface area contributed by atoms with Gasteiger partial charge in [0.05, 0.1) is 12.3 Å². The number of aromatic nitrogens is 2. The van der Waals surface area contributed by atoms with E-state index >= 15 is 0 Å². The van der Waals surface area contributed by atoms with Gasteiger partial charge in [-0.05, 0) is 43.4 Å². The Kier molecular flexibility index (Phi) is 5.06. The minimum absolute atomic E-state index is 0.317. The zero-order valence-corrected chi connectivity index (χ0v) is 12.4. The molecular weight excluding hydrogens is 274 g/mol. The molecule has 0 aliphatic carbocycles. The summed E-state index contributed by atoms with van der Waals surface area (Å²) in [4.78, 5) is 15.9. The molecule has 106 valence electrons. The summed E-state index contributed by atoms with van der Waals surface area (Å²) in [7, 11) is 0. The number of rotatable bonds is 6. The van der Waals surface area contributed by atoms with Gasteiger partial charge in [0.2, 0.25) is 0 Å². The average Bonchev–Trinajstić information content (AvgIpc) is 2.81. The van der Waals surface area contributed by atoms with E-state index in [1.54, 1.807) is 13.1 Å². The fourth-order valence-corrected chi connectivity index (χ4v) is 2.61. The van der Waals surface area contributed by atoms with Crippen LogP contribution < -0.4 is 5.32 Å². The van der Waals surface area contributed by atoms with Crippen LogP contribution in [0.25, 0.3) is 0 Å². The predicted molar refractivity (Wildman–Crippen MR) is 79.2 cm³/mol. The Morgan fingerprint density at radius 2 is 2.35 bits per heavy atom. The lowest BCUT2D eigenvalue weighted by molar-refractivity contribution is 0.0527. The maximum atomic E-state index is 11.9. The van der Waals surface area contributed by atoms with Gasteiger partial charge in [0, 0.05) is 18.9 Å². The van der Waals surface area contributed by atoms with E-state index in [4.69, 9.17) is 4.74 Å². The van der Waals surface area contributed by atoms with Crippen molar-refractivity contribution in [1.29, 1.82) is 0 Å². The van der Waals surface area contributed by atoms with Gasteiger partial charge in [0.15, 0.2) is 0 Å². The maximum Gasteiger partial charge on any atom is 0.343 e. The third-order valence-corrected chi connectivity index (χ3v) is 3.66. The molecule has 0 fully saturated rings. The van der Waals surface area contributed by atoms with Crippen LogP contribution in [0.4, 0.5) is 5.00 Å². The summed E-state index contributed by atoms with van der Waals surface area (Å²) in [5, 5.41) is 4.02. The molecule has 0 saturated heterocycles. The quantitative estimate of drug-likeness (QED) is 0.829. The Morgan fingerprint density at radius 1 is 1.50 bits per heavy atom. The van der Waals surface area contributed by atoms with Crippen molar-refractivity contribution in [2.45, 2.75) is 20.3 Å². The van der Waals surface area contributed by atoms with E-state index in [1.807, 2.05) is 25.3 Å². The summed E-state index contributed by atoms with van der Waals surface area (Å²) >= 11 is 1.29. The number of nitrogens with one attached hydrogen (secondary N) is 1. The molecule has 0 radical (unpaired) electrons. The van der Waals surface area contributed by atoms with Crippen LogP contribution in [0.3, 0.4) is 0 Å². The highest BCUT2D eigenvalue weighted by Crippen LogP contribution is 2.25. The number of esters is 1. The molecular formula is C14H17N3O2S. The van der Waals surface area contributed by atoms with Crippen LogP contribution in [0, 0.1) is 6.92 Å². The fourth-order valence-electron chi connectivity index (χ4n) is 1.80. The van der Waals surface area contributed by atoms with Crippen molar-refractivity contribution >= 4 is 22.5 Å². The molecule has 20 heavy (non-hydrogen) atoms. The van der Waals surface area contributed by atoms with E-state index in [-0.39, 0.29) is 5.97 Å². The fraction of sp³-hybridized carbons (Fsp3) is 0.357. The Labute approximate surface area is 122 Å². The molecule has 2 aromatic heterocycles. The minimum atomic E-state index is -0.317. The van der Waals surface area contributed by atoms with Gasteiger partial charge in [-0.1, -0.05) is 6.07 Å². The van der Waals surface area contributed by atoms with Gasteiger partial charge < -0.3 is 10.1 Å². The van der Waals surface area contributed by atoms with E-state index in [2.05, 4.69) is 14.7 Å². The minimum Gasteiger partial charge on any atom is -0.462 e. The van der Waals surface area contributed by atoms with Crippen molar-refractivity contribution in [2.24, 2.45) is 0 Å². The van der Waals surface area contributed by atoms with Gasteiger partial charge in [-0.15, -0.1) is 0 Å². The second kappa shape index (κ2) is 7.00. The maximum absolute atomic E-state index is 11.9. The number of anilines is 1. The first kappa shape index (κ1) is 14.5. The van der Waals surface area contributed by atoms with Gasteiger partial charge in [-0.2, -0.15) is 4.37 Å². The zero-order chi connectivity index (χ0) is 14.4. The zero-order valence-electron chi connectivity index (χ0n) is 11.5. The number of hydrogen-bond acceptors (Lipinski definition) is 6. The number of pyridine rings is 1. The number of nitrogens with zero attached hydrogens (tertiary/aromatic N) is 2. The summed E-state index contributed by atoms with van der Waals surface area (Å²) in [5.74, 6) is -0.317. The number of carbonyl (C=O) groups is 1. The highest BCUT2D eigenvalue weighted by Gasteiger charge is 2.19. The summed E-state index contributed by atoms with van der Waals surface area (Å²) < 4.78 is 9.26. The number of carbonyl (C=O) groups excluding carboxylic acids is 1. The third kappa shape index (κ3) is 3.54. The second-order valence-electron chi connectivity index (χ2n) is 4.23. The van der Waals surface area contributed by atoms with Crippen LogP contribution in [0.5, 0.6) is 0 Å². The molecule has 5 nitrogen and oxygen atoms in total. The molecule has 0 amide bonds. The molecule has 2 rings (SSSR count). The smallest absolute Gasteiger partial charge is 0.343 e. The van der Waals surface area contributed by atoms with Crippen molar-refractivity contribution in [3.63, 3.8) is 0 Å². The van der Waals surface area contributed by atoms with Crippen LogP contribution in [0.1, 0.15) is 28.5 Å². The number of ether oxygens (including phenoxy) is 1. The van der Waals surface area contributed by atoms with Gasteiger partial charge in [0.1, 0.15) is 10.6 Å². The molecule has 0 unspecified atom stereocenters. The normalized spacial score (nSPS) is 10.3. The number of aryl methyl sites for hydroxylation is 1. The van der Waals surface area contributed by atoms with Crippen molar-refractivity contribution in [3.8, 4) is 0 Å². The lowest BCUT2D eigenvalue weighted by atomic mass is 10.2. The van der Waals surface area contributed by atoms with Crippen molar-refractivity contribution in [2.75, 3.05) is 18.5 Å². The van der Waals surface area contributed by atoms with Crippen molar-refractivity contribution in [1.82, 2.24) is 9.36 Å². The van der Waals surface area contributed by atoms with Gasteiger partial charge in [0.25, 0.3) is 0 Å². The first-order chi connectivity index (χ1) is 9.72. The Balaban J connectivity index is 1.98. The van der Waals surface area contributed by atoms with Crippen LogP contribution in [-0.2, 0) is 11.2 Å². The Bertz CT molecular complexity index is 569. The monoisotopic (exact) mass is 291 g/mol. The highest BCUT2D eigenvalue weighted by atomic mass is 32.1. The first-order valence-electron chi connectivity index (χ1n) is 6.48. The van der Waals surface area contributed by atoms with Gasteiger partial charge in [-0.25, -0.2) is 4.79 Å². The largest absolute Gasteiger partial charge is 0.462 e. The lowest BCUT2D eigenvalue weighted by Gasteiger charge is -2.06. The summed E-state index contributed by atoms with van der Waals surface area (Å²) in [6.45, 7) is 4.70. The molecule has 0 atom stereocenters. The van der Waals surface area contributed by atoms with E-state index in [0.717, 1.165) is 23.5 Å². The van der Waals surface area contributed by atoms with Crippen molar-refractivity contribution in [3.05, 3.63) is 41.3 Å². The molecule has 0 aliphatic rings. The molecule has 0 aromatic carbocycles. The molecule has 6 heteroatoms. The Hall–Kier alpha value is -1.95. The molecule has 0 aliphatic heterocycles. The average molecular weight is 291 g/mol. The van der Waals surface area contributed by atoms with Crippen LogP contribution in [-0.4, -0.2) is 28.5 Å². The van der Waals surface area contributed by atoms with E-state index in [9.17, 15) is 4.79 Å². The predicted octanol–water partition coefficient (Wildman–Crippen LogP) is 2.68. The first-order valence-corrected chi connectivity index (χ1v) is 7.26. The number of hydrogen-bond donors (Lipinski definition) is 1. The standard InChI is InChI=1S/C14H17N3O2S/c1-3-19-14(18)12-10(2)17-20-13(12)16-8-6-11-5-4-7-15-9-11/h4-5,7,9,16H,3,6,8H2,1-2H3. The third-order valence-electron chi connectivity index (χ3n) is 2.76. The van der Waals surface area contributed by atoms with E-state index in [1.165, 1.54) is 11.5 Å². The molecule has 0 saturated carbocycles. The molecule has 0 bridgehead atoms. The van der Waals surface area contributed by atoms with Crippen LogP contribution >= 0.6 is 11.5 Å². The van der Waals surface area contributed by atoms with Gasteiger partial charge >= 0.3 is 5.97 Å². The summed E-state index contributed by atoms with van der Waals surface area (Å²) in [5.41, 5.74) is 2.40. The lowest BCUT2D eigenvalue weighted by Crippen LogP contribution is -2.11.